The topological polar surface area (TPSA) is 116 Å². The van der Waals surface area contributed by atoms with Gasteiger partial charge in [-0.1, -0.05) is 24.4 Å². The van der Waals surface area contributed by atoms with Crippen molar-refractivity contribution in [2.75, 3.05) is 5.73 Å². The van der Waals surface area contributed by atoms with Crippen molar-refractivity contribution >= 4 is 29.1 Å². The molecule has 9 nitrogen and oxygen atoms in total. The number of hydrogen-bond acceptors (Lipinski definition) is 6. The van der Waals surface area contributed by atoms with Crippen LogP contribution in [0.25, 0.3) is 16.8 Å². The SMILES string of the molecule is C[C@@H]1[C@@H]2c3c(C(F)F)nn(CC(=O)N[C@@H](Cc4cc(F)cc(F)c4)c4nc(C#CC(C)(C)C)ccc4-c4ccc(Cl)n5c(N)nnc45)c3C(F)(F)[C@H]12. The number of rotatable bonds is 8. The highest BCUT2D eigenvalue weighted by Gasteiger charge is 2.71. The zero-order valence-electron chi connectivity index (χ0n) is 28.2. The summed E-state index contributed by atoms with van der Waals surface area (Å²) in [7, 11) is 0. The summed E-state index contributed by atoms with van der Waals surface area (Å²) in [6.07, 6.45) is -3.38. The summed E-state index contributed by atoms with van der Waals surface area (Å²) >= 11 is 6.39. The third kappa shape index (κ3) is 6.23. The number of nitrogens with one attached hydrogen (secondary N) is 1. The van der Waals surface area contributed by atoms with Gasteiger partial charge in [-0.25, -0.2) is 22.5 Å². The van der Waals surface area contributed by atoms with Crippen LogP contribution in [-0.2, 0) is 23.7 Å². The number of aromatic nitrogens is 6. The van der Waals surface area contributed by atoms with Crippen LogP contribution in [0.15, 0.2) is 42.5 Å². The van der Waals surface area contributed by atoms with Crippen LogP contribution in [0.1, 0.15) is 80.0 Å². The van der Waals surface area contributed by atoms with Gasteiger partial charge in [0.15, 0.2) is 5.65 Å². The van der Waals surface area contributed by atoms with Crippen LogP contribution < -0.4 is 11.1 Å². The van der Waals surface area contributed by atoms with Crippen LogP contribution >= 0.6 is 11.6 Å². The molecule has 0 unspecified atom stereocenters. The van der Waals surface area contributed by atoms with Crippen LogP contribution in [0.5, 0.6) is 0 Å². The molecule has 4 atom stereocenters. The number of fused-ring (bicyclic) bond motifs is 4. The first-order valence-corrected chi connectivity index (χ1v) is 16.7. The van der Waals surface area contributed by atoms with Crippen molar-refractivity contribution in [3.8, 4) is 23.0 Å². The van der Waals surface area contributed by atoms with Gasteiger partial charge in [0.05, 0.1) is 11.7 Å². The number of benzene rings is 1. The molecule has 1 aromatic carbocycles. The minimum absolute atomic E-state index is 0.0112. The summed E-state index contributed by atoms with van der Waals surface area (Å²) in [6, 6.07) is 8.12. The highest BCUT2D eigenvalue weighted by Crippen LogP contribution is 2.71. The maximum Gasteiger partial charge on any atom is 0.293 e. The largest absolute Gasteiger partial charge is 0.368 e. The summed E-state index contributed by atoms with van der Waals surface area (Å²) in [5.74, 6) is -2.50. The highest BCUT2D eigenvalue weighted by molar-refractivity contribution is 6.30. The Morgan fingerprint density at radius 1 is 1.06 bits per heavy atom. The van der Waals surface area contributed by atoms with Crippen LogP contribution in [0.4, 0.5) is 32.3 Å². The number of alkyl halides is 4. The van der Waals surface area contributed by atoms with Crippen LogP contribution in [0.3, 0.4) is 0 Å². The van der Waals surface area contributed by atoms with E-state index in [1.165, 1.54) is 4.40 Å². The second kappa shape index (κ2) is 12.5. The van der Waals surface area contributed by atoms with Crippen molar-refractivity contribution < 1.29 is 31.1 Å². The van der Waals surface area contributed by atoms with Gasteiger partial charge in [-0.3, -0.25) is 13.9 Å². The second-order valence-corrected chi connectivity index (χ2v) is 14.5. The minimum atomic E-state index is -3.48. The first-order chi connectivity index (χ1) is 24.4. The molecule has 1 saturated carbocycles. The van der Waals surface area contributed by atoms with E-state index >= 15 is 8.78 Å². The maximum absolute atomic E-state index is 15.5. The van der Waals surface area contributed by atoms with Crippen LogP contribution in [0, 0.1) is 40.7 Å². The Morgan fingerprint density at radius 2 is 1.75 bits per heavy atom. The maximum atomic E-state index is 15.5. The van der Waals surface area contributed by atoms with E-state index in [4.69, 9.17) is 22.3 Å². The molecule has 0 spiro atoms. The van der Waals surface area contributed by atoms with E-state index in [0.29, 0.717) is 21.9 Å². The molecular weight excluding hydrogens is 710 g/mol. The quantitative estimate of drug-likeness (QED) is 0.0974. The molecule has 52 heavy (non-hydrogen) atoms. The molecule has 1 amide bonds. The van der Waals surface area contributed by atoms with E-state index in [9.17, 15) is 22.4 Å². The summed E-state index contributed by atoms with van der Waals surface area (Å²) in [6.45, 7) is 6.41. The molecule has 0 aliphatic heterocycles. The van der Waals surface area contributed by atoms with E-state index in [2.05, 4.69) is 32.5 Å². The van der Waals surface area contributed by atoms with Gasteiger partial charge >= 0.3 is 0 Å². The lowest BCUT2D eigenvalue weighted by molar-refractivity contribution is -0.123. The molecule has 1 fully saturated rings. The predicted octanol–water partition coefficient (Wildman–Crippen LogP) is 7.39. The Bertz CT molecular complexity index is 2300. The smallest absolute Gasteiger partial charge is 0.293 e. The van der Waals surface area contributed by atoms with E-state index in [1.807, 2.05) is 20.8 Å². The second-order valence-electron chi connectivity index (χ2n) is 14.2. The van der Waals surface area contributed by atoms with Gasteiger partial charge in [0.1, 0.15) is 40.4 Å². The molecule has 3 N–H and O–H groups in total. The Hall–Kier alpha value is -5.10. The highest BCUT2D eigenvalue weighted by atomic mass is 35.5. The number of carbonyl (C=O) groups is 1. The van der Waals surface area contributed by atoms with Crippen molar-refractivity contribution in [1.82, 2.24) is 34.7 Å². The van der Waals surface area contributed by atoms with Gasteiger partial charge in [0.2, 0.25) is 11.9 Å². The number of hydrogen-bond donors (Lipinski definition) is 2. The number of carbonyl (C=O) groups excluding carboxylic acids is 1. The normalized spacial score (nSPS) is 19.3. The van der Waals surface area contributed by atoms with Gasteiger partial charge < -0.3 is 11.1 Å². The van der Waals surface area contributed by atoms with Crippen molar-refractivity contribution in [2.24, 2.45) is 17.3 Å². The fourth-order valence-corrected chi connectivity index (χ4v) is 7.34. The number of nitrogens with zero attached hydrogens (tertiary/aromatic N) is 6. The Morgan fingerprint density at radius 3 is 2.42 bits per heavy atom. The molecule has 0 radical (unpaired) electrons. The lowest BCUT2D eigenvalue weighted by Gasteiger charge is -2.23. The van der Waals surface area contributed by atoms with E-state index in [1.54, 1.807) is 31.2 Å². The number of amides is 1. The molecule has 16 heteroatoms. The fraction of sp³-hybridized carbons (Fsp3) is 0.361. The summed E-state index contributed by atoms with van der Waals surface area (Å²) in [5, 5.41) is 14.8. The average Bonchev–Trinajstić information content (AvgIpc) is 3.28. The van der Waals surface area contributed by atoms with Gasteiger partial charge in [-0.15, -0.1) is 10.2 Å². The standard InChI is InChI=1S/C36H31ClF6N8O/c1-16-26-27-30(32(40)41)49-50(31(27)36(42,43)28(16)26)15-25(52)46-23(13-17-11-18(38)14-19(39)12-17)29-21(6-5-20(45-29)9-10-35(2,3)4)22-7-8-24(37)51-33(22)47-48-34(51)44/h5-8,11-12,14,16,23,26,28,32H,13,15H2,1-4H3,(H2,44,48)(H,46,52)/t16-,23+,26-,28-/m1/s1. The average molecular weight is 741 g/mol. The first kappa shape index (κ1) is 35.3. The Kier molecular flexibility index (Phi) is 8.52. The monoisotopic (exact) mass is 740 g/mol. The van der Waals surface area contributed by atoms with Gasteiger partial charge in [-0.05, 0) is 81.0 Å². The molecular formula is C36H31ClF6N8O. The van der Waals surface area contributed by atoms with Crippen LogP contribution in [0.2, 0.25) is 5.15 Å². The molecule has 270 valence electrons. The summed E-state index contributed by atoms with van der Waals surface area (Å²) in [4.78, 5) is 18.6. The lowest BCUT2D eigenvalue weighted by atomic mass is 9.94. The van der Waals surface area contributed by atoms with Crippen molar-refractivity contribution in [2.45, 2.75) is 65.0 Å². The number of pyridine rings is 2. The van der Waals surface area contributed by atoms with E-state index in [0.717, 1.165) is 12.1 Å². The Balaban J connectivity index is 1.35. The van der Waals surface area contributed by atoms with Gasteiger partial charge in [-0.2, -0.15) is 13.9 Å². The molecule has 4 aromatic heterocycles. The minimum Gasteiger partial charge on any atom is -0.368 e. The molecule has 7 rings (SSSR count). The van der Waals surface area contributed by atoms with E-state index in [-0.39, 0.29) is 45.7 Å². The molecule has 4 heterocycles. The van der Waals surface area contributed by atoms with Crippen LogP contribution in [-0.4, -0.2) is 35.3 Å². The third-order valence-electron chi connectivity index (χ3n) is 9.30. The molecule has 2 aliphatic rings. The predicted molar refractivity (Wildman–Crippen MR) is 179 cm³/mol. The van der Waals surface area contributed by atoms with Crippen molar-refractivity contribution in [3.05, 3.63) is 93.2 Å². The number of nitrogens with two attached hydrogens (primary N) is 1. The Labute approximate surface area is 298 Å². The molecule has 0 bridgehead atoms. The number of anilines is 1. The third-order valence-corrected chi connectivity index (χ3v) is 9.60. The number of nitrogen functional groups attached to an aromatic ring is 1. The first-order valence-electron chi connectivity index (χ1n) is 16.3. The zero-order chi connectivity index (χ0) is 37.4. The van der Waals surface area contributed by atoms with Crippen molar-refractivity contribution in [1.29, 1.82) is 0 Å². The summed E-state index contributed by atoms with van der Waals surface area (Å²) < 4.78 is 90.1. The van der Waals surface area contributed by atoms with E-state index < -0.39 is 77.0 Å². The van der Waals surface area contributed by atoms with Gasteiger partial charge in [0, 0.05) is 40.0 Å². The molecule has 0 saturated heterocycles. The number of halogens is 7. The molecule has 2 aliphatic carbocycles. The van der Waals surface area contributed by atoms with Crippen molar-refractivity contribution in [3.63, 3.8) is 0 Å². The molecule has 5 aromatic rings. The van der Waals surface area contributed by atoms with Gasteiger partial charge in [0.25, 0.3) is 12.3 Å². The zero-order valence-corrected chi connectivity index (χ0v) is 28.9. The lowest BCUT2D eigenvalue weighted by Crippen LogP contribution is -2.35. The fourth-order valence-electron chi connectivity index (χ4n) is 7.11. The summed E-state index contributed by atoms with van der Waals surface area (Å²) in [5.41, 5.74) is 5.48.